The van der Waals surface area contributed by atoms with Gasteiger partial charge in [-0.3, -0.25) is 14.9 Å². The molecule has 0 bridgehead atoms. The van der Waals surface area contributed by atoms with Crippen LogP contribution in [0.5, 0.6) is 5.75 Å². The molecule has 7 heteroatoms. The van der Waals surface area contributed by atoms with E-state index in [4.69, 9.17) is 4.74 Å². The minimum absolute atomic E-state index is 0.117. The Labute approximate surface area is 143 Å². The zero-order chi connectivity index (χ0) is 17.6. The highest BCUT2D eigenvalue weighted by atomic mass is 16.5. The maximum absolute atomic E-state index is 11.8. The molecule has 1 aliphatic heterocycles. The number of imide groups is 1. The maximum atomic E-state index is 11.8. The van der Waals surface area contributed by atoms with Crippen LogP contribution in [-0.4, -0.2) is 24.5 Å². The Bertz CT molecular complexity index is 829. The van der Waals surface area contributed by atoms with Crippen molar-refractivity contribution in [1.82, 2.24) is 10.6 Å². The highest BCUT2D eigenvalue weighted by Crippen LogP contribution is 2.15. The Morgan fingerprint density at radius 3 is 2.36 bits per heavy atom. The molecular formula is C18H15N3O4. The van der Waals surface area contributed by atoms with Crippen LogP contribution in [0.25, 0.3) is 6.08 Å². The van der Waals surface area contributed by atoms with Gasteiger partial charge in [0, 0.05) is 5.69 Å². The summed E-state index contributed by atoms with van der Waals surface area (Å²) in [5.41, 5.74) is 1.60. The number of para-hydroxylation sites is 1. The van der Waals surface area contributed by atoms with Crippen molar-refractivity contribution in [2.45, 2.75) is 0 Å². The Balaban J connectivity index is 1.54. The van der Waals surface area contributed by atoms with E-state index in [2.05, 4.69) is 16.0 Å². The van der Waals surface area contributed by atoms with E-state index in [1.54, 1.807) is 42.5 Å². The predicted molar refractivity (Wildman–Crippen MR) is 91.7 cm³/mol. The van der Waals surface area contributed by atoms with Crippen molar-refractivity contribution in [3.05, 3.63) is 65.9 Å². The van der Waals surface area contributed by atoms with Gasteiger partial charge in [0.1, 0.15) is 11.4 Å². The lowest BCUT2D eigenvalue weighted by atomic mass is 10.2. The quantitative estimate of drug-likeness (QED) is 0.573. The van der Waals surface area contributed by atoms with Crippen LogP contribution in [0, 0.1) is 0 Å². The monoisotopic (exact) mass is 337 g/mol. The molecule has 0 saturated carbocycles. The van der Waals surface area contributed by atoms with Gasteiger partial charge in [-0.1, -0.05) is 30.3 Å². The number of benzene rings is 2. The first-order chi connectivity index (χ1) is 12.1. The van der Waals surface area contributed by atoms with E-state index in [-0.39, 0.29) is 18.2 Å². The molecule has 1 saturated heterocycles. The van der Waals surface area contributed by atoms with Crippen LogP contribution in [0.2, 0.25) is 0 Å². The average Bonchev–Trinajstić information content (AvgIpc) is 2.92. The van der Waals surface area contributed by atoms with Gasteiger partial charge < -0.3 is 15.4 Å². The lowest BCUT2D eigenvalue weighted by molar-refractivity contribution is -0.118. The highest BCUT2D eigenvalue weighted by molar-refractivity contribution is 6.13. The first-order valence-corrected chi connectivity index (χ1v) is 7.52. The third-order valence-electron chi connectivity index (χ3n) is 3.34. The molecule has 1 fully saturated rings. The van der Waals surface area contributed by atoms with Crippen LogP contribution >= 0.6 is 0 Å². The molecule has 7 nitrogen and oxygen atoms in total. The predicted octanol–water partition coefficient (Wildman–Crippen LogP) is 1.88. The number of anilines is 1. The topological polar surface area (TPSA) is 96.5 Å². The van der Waals surface area contributed by atoms with Gasteiger partial charge in [0.25, 0.3) is 11.8 Å². The van der Waals surface area contributed by atoms with Gasteiger partial charge in [0.05, 0.1) is 0 Å². The van der Waals surface area contributed by atoms with Gasteiger partial charge in [-0.15, -0.1) is 0 Å². The smallest absolute Gasteiger partial charge is 0.326 e. The van der Waals surface area contributed by atoms with Crippen molar-refractivity contribution >= 4 is 29.6 Å². The molecule has 3 rings (SSSR count). The van der Waals surface area contributed by atoms with E-state index in [9.17, 15) is 14.4 Å². The van der Waals surface area contributed by atoms with Crippen LogP contribution in [0.15, 0.2) is 60.3 Å². The molecule has 3 N–H and O–H groups in total. The number of carbonyl (C=O) groups excluding carboxylic acids is 3. The Morgan fingerprint density at radius 1 is 1.00 bits per heavy atom. The summed E-state index contributed by atoms with van der Waals surface area (Å²) >= 11 is 0. The summed E-state index contributed by atoms with van der Waals surface area (Å²) in [6.45, 7) is -0.117. The highest BCUT2D eigenvalue weighted by Gasteiger charge is 2.22. The second-order valence-corrected chi connectivity index (χ2v) is 5.24. The van der Waals surface area contributed by atoms with Crippen LogP contribution in [0.1, 0.15) is 5.56 Å². The molecule has 2 aromatic rings. The Morgan fingerprint density at radius 2 is 1.72 bits per heavy atom. The summed E-state index contributed by atoms with van der Waals surface area (Å²) < 4.78 is 5.42. The van der Waals surface area contributed by atoms with Gasteiger partial charge >= 0.3 is 6.03 Å². The van der Waals surface area contributed by atoms with Crippen molar-refractivity contribution in [2.24, 2.45) is 0 Å². The molecule has 0 radical (unpaired) electrons. The first-order valence-electron chi connectivity index (χ1n) is 7.52. The molecule has 4 amide bonds. The van der Waals surface area contributed by atoms with Gasteiger partial charge in [0.2, 0.25) is 0 Å². The van der Waals surface area contributed by atoms with E-state index in [0.717, 1.165) is 0 Å². The lowest BCUT2D eigenvalue weighted by Gasteiger charge is -2.07. The molecule has 0 aliphatic carbocycles. The molecule has 0 aromatic heterocycles. The summed E-state index contributed by atoms with van der Waals surface area (Å²) in [4.78, 5) is 34.3. The molecular weight excluding hydrogens is 322 g/mol. The van der Waals surface area contributed by atoms with E-state index < -0.39 is 11.9 Å². The van der Waals surface area contributed by atoms with Crippen LogP contribution in [0.4, 0.5) is 10.5 Å². The number of hydrogen-bond acceptors (Lipinski definition) is 4. The fraction of sp³-hybridized carbons (Fsp3) is 0.0556. The fourth-order valence-electron chi connectivity index (χ4n) is 2.18. The number of amides is 4. The third-order valence-corrected chi connectivity index (χ3v) is 3.34. The minimum atomic E-state index is -0.541. The van der Waals surface area contributed by atoms with Crippen molar-refractivity contribution in [2.75, 3.05) is 11.9 Å². The van der Waals surface area contributed by atoms with E-state index >= 15 is 0 Å². The fourth-order valence-corrected chi connectivity index (χ4v) is 2.18. The molecule has 2 aromatic carbocycles. The van der Waals surface area contributed by atoms with Gasteiger partial charge in [-0.05, 0) is 35.9 Å². The molecule has 126 valence electrons. The SMILES string of the molecule is O=C(COc1ccc(/C=C2\NC(=O)NC2=O)cc1)Nc1ccccc1. The van der Waals surface area contributed by atoms with Crippen molar-refractivity contribution in [3.8, 4) is 5.75 Å². The van der Waals surface area contributed by atoms with Gasteiger partial charge in [0.15, 0.2) is 6.61 Å². The molecule has 0 spiro atoms. The van der Waals surface area contributed by atoms with Crippen LogP contribution < -0.4 is 20.7 Å². The minimum Gasteiger partial charge on any atom is -0.484 e. The first kappa shape index (κ1) is 16.3. The zero-order valence-electron chi connectivity index (χ0n) is 13.1. The largest absolute Gasteiger partial charge is 0.484 e. The third kappa shape index (κ3) is 4.44. The van der Waals surface area contributed by atoms with E-state index in [1.165, 1.54) is 0 Å². The summed E-state index contributed by atoms with van der Waals surface area (Å²) in [6.07, 6.45) is 1.55. The summed E-state index contributed by atoms with van der Waals surface area (Å²) in [6, 6.07) is 15.4. The average molecular weight is 337 g/mol. The maximum Gasteiger partial charge on any atom is 0.326 e. The van der Waals surface area contributed by atoms with Crippen LogP contribution in [-0.2, 0) is 9.59 Å². The zero-order valence-corrected chi connectivity index (χ0v) is 13.1. The van der Waals surface area contributed by atoms with Crippen molar-refractivity contribution in [3.63, 3.8) is 0 Å². The molecule has 1 heterocycles. The van der Waals surface area contributed by atoms with Crippen molar-refractivity contribution < 1.29 is 19.1 Å². The van der Waals surface area contributed by atoms with E-state index in [1.807, 2.05) is 18.2 Å². The number of ether oxygens (including phenoxy) is 1. The Kier molecular flexibility index (Phi) is 4.75. The second kappa shape index (κ2) is 7.31. The molecule has 25 heavy (non-hydrogen) atoms. The number of hydrogen-bond donors (Lipinski definition) is 3. The number of urea groups is 1. The van der Waals surface area contributed by atoms with Gasteiger partial charge in [-0.2, -0.15) is 0 Å². The summed E-state index contributed by atoms with van der Waals surface area (Å²) in [7, 11) is 0. The second-order valence-electron chi connectivity index (χ2n) is 5.24. The summed E-state index contributed by atoms with van der Waals surface area (Å²) in [5, 5.41) is 7.25. The Hall–Kier alpha value is -3.61. The van der Waals surface area contributed by atoms with Crippen LogP contribution in [0.3, 0.4) is 0 Å². The number of rotatable bonds is 5. The van der Waals surface area contributed by atoms with E-state index in [0.29, 0.717) is 17.0 Å². The normalized spacial score (nSPS) is 14.8. The summed E-state index contributed by atoms with van der Waals surface area (Å²) in [5.74, 6) is -0.212. The number of carbonyl (C=O) groups is 3. The standard InChI is InChI=1S/C18H15N3O4/c22-16(19-13-4-2-1-3-5-13)11-25-14-8-6-12(7-9-14)10-15-17(23)21-18(24)20-15/h1-10H,11H2,(H,19,22)(H2,20,21,23,24)/b15-10-. The molecule has 1 aliphatic rings. The molecule has 0 unspecified atom stereocenters. The van der Waals surface area contributed by atoms with Gasteiger partial charge in [-0.25, -0.2) is 4.79 Å². The molecule has 0 atom stereocenters. The van der Waals surface area contributed by atoms with Crippen molar-refractivity contribution in [1.29, 1.82) is 0 Å². The lowest BCUT2D eigenvalue weighted by Crippen LogP contribution is -2.22. The number of nitrogens with one attached hydrogen (secondary N) is 3.